The number of esters is 3. The van der Waals surface area contributed by atoms with Gasteiger partial charge < -0.3 is 34.3 Å². The third kappa shape index (κ3) is 1.43. The Labute approximate surface area is 175 Å². The maximum absolute atomic E-state index is 16.2. The number of alkyl halides is 1. The van der Waals surface area contributed by atoms with Gasteiger partial charge in [0.05, 0.1) is 16.7 Å². The molecule has 4 heterocycles. The monoisotopic (exact) mass is 441 g/mol. The first-order chi connectivity index (χ1) is 14.3. The summed E-state index contributed by atoms with van der Waals surface area (Å²) in [5.74, 6) is -5.65. The molecule has 0 radical (unpaired) electrons. The van der Waals surface area contributed by atoms with Gasteiger partial charge in [-0.25, -0.2) is 14.0 Å². The number of ether oxygens (including phenoxy) is 4. The summed E-state index contributed by atoms with van der Waals surface area (Å²) in [7, 11) is 0. The predicted molar refractivity (Wildman–Crippen MR) is 92.3 cm³/mol. The van der Waals surface area contributed by atoms with Crippen molar-refractivity contribution in [2.75, 3.05) is 0 Å². The fourth-order valence-corrected chi connectivity index (χ4v) is 8.19. The van der Waals surface area contributed by atoms with Gasteiger partial charge in [-0.3, -0.25) is 4.79 Å². The fraction of sp³-hybridized carbons (Fsp3) is 0.850. The Morgan fingerprint density at radius 3 is 2.26 bits per heavy atom. The third-order valence-corrected chi connectivity index (χ3v) is 8.91. The van der Waals surface area contributed by atoms with Crippen molar-refractivity contribution in [1.29, 1.82) is 0 Å². The molecule has 12 atom stereocenters. The van der Waals surface area contributed by atoms with Crippen LogP contribution in [-0.4, -0.2) is 81.3 Å². The average Bonchev–Trinajstić information content (AvgIpc) is 3.35. The van der Waals surface area contributed by atoms with Crippen LogP contribution in [0, 0.1) is 28.1 Å². The van der Waals surface area contributed by atoms with E-state index in [4.69, 9.17) is 18.9 Å². The zero-order chi connectivity index (χ0) is 22.7. The van der Waals surface area contributed by atoms with Crippen LogP contribution in [0.15, 0.2) is 0 Å². The second-order valence-electron chi connectivity index (χ2n) is 10.7. The molecule has 4 saturated heterocycles. The standard InChI is InChI=1S/C20H23FO10/c1-5-12(24)28-11-8(22)18-10-6(21)7(16(2,3)4)17(18)9(23)13(25)30-15(17)31-20(18,14(26)29-10)19(5,11)27/h5-11,15,22-23,27H,1-4H3/t5-,6-,7+,8+,9+,10?,11+,15?,17?,18?,19-,20+/m1/s1/i21-1. The Morgan fingerprint density at radius 2 is 1.65 bits per heavy atom. The van der Waals surface area contributed by atoms with E-state index in [0.717, 1.165) is 0 Å². The van der Waals surface area contributed by atoms with Crippen molar-refractivity contribution < 1.29 is 53.0 Å². The zero-order valence-corrected chi connectivity index (χ0v) is 17.2. The number of hydrogen-bond acceptors (Lipinski definition) is 10. The molecule has 2 spiro atoms. The highest BCUT2D eigenvalue weighted by atomic mass is 18.2. The van der Waals surface area contributed by atoms with Crippen molar-refractivity contribution in [2.24, 2.45) is 28.1 Å². The second kappa shape index (κ2) is 4.90. The molecule has 170 valence electrons. The summed E-state index contributed by atoms with van der Waals surface area (Å²) in [6.45, 7) is 6.36. The van der Waals surface area contributed by atoms with Gasteiger partial charge in [-0.1, -0.05) is 20.8 Å². The number of halogens is 1. The lowest BCUT2D eigenvalue weighted by Gasteiger charge is -2.47. The zero-order valence-electron chi connectivity index (χ0n) is 17.2. The Balaban J connectivity index is 1.75. The summed E-state index contributed by atoms with van der Waals surface area (Å²) in [6, 6.07) is 0. The molecule has 11 heteroatoms. The van der Waals surface area contributed by atoms with Crippen molar-refractivity contribution in [3.63, 3.8) is 0 Å². The number of aliphatic hydroxyl groups is 3. The Bertz CT molecular complexity index is 962. The number of aliphatic hydroxyl groups excluding tert-OH is 2. The van der Waals surface area contributed by atoms with Crippen molar-refractivity contribution in [2.45, 2.75) is 75.8 Å². The second-order valence-corrected chi connectivity index (χ2v) is 10.7. The van der Waals surface area contributed by atoms with Gasteiger partial charge in [-0.15, -0.1) is 0 Å². The van der Waals surface area contributed by atoms with E-state index in [1.165, 1.54) is 6.92 Å². The molecule has 6 fully saturated rings. The smallest absolute Gasteiger partial charge is 0.343 e. The minimum atomic E-state index is -2.48. The van der Waals surface area contributed by atoms with Gasteiger partial charge >= 0.3 is 17.9 Å². The molecule has 4 aliphatic heterocycles. The first-order valence-electron chi connectivity index (χ1n) is 10.3. The van der Waals surface area contributed by atoms with Crippen LogP contribution in [0.4, 0.5) is 4.39 Å². The van der Waals surface area contributed by atoms with Crippen molar-refractivity contribution >= 4 is 17.9 Å². The summed E-state index contributed by atoms with van der Waals surface area (Å²) < 4.78 is 38.1. The predicted octanol–water partition coefficient (Wildman–Crippen LogP) is -1.42. The molecule has 2 saturated carbocycles. The van der Waals surface area contributed by atoms with E-state index in [1.807, 2.05) is 0 Å². The summed E-state index contributed by atoms with van der Waals surface area (Å²) in [4.78, 5) is 38.2. The van der Waals surface area contributed by atoms with E-state index in [0.29, 0.717) is 0 Å². The number of hydrogen-bond donors (Lipinski definition) is 3. The van der Waals surface area contributed by atoms with Crippen LogP contribution in [-0.2, 0) is 33.3 Å². The van der Waals surface area contributed by atoms with Crippen molar-refractivity contribution in [3.8, 4) is 0 Å². The third-order valence-electron chi connectivity index (χ3n) is 8.91. The Kier molecular flexibility index (Phi) is 3.14. The summed E-state index contributed by atoms with van der Waals surface area (Å²) in [5.41, 5.74) is -9.91. The quantitative estimate of drug-likeness (QED) is 0.302. The van der Waals surface area contributed by atoms with Crippen LogP contribution in [0.25, 0.3) is 0 Å². The molecule has 6 rings (SSSR count). The minimum Gasteiger partial charge on any atom is -0.456 e. The first kappa shape index (κ1) is 19.8. The van der Waals surface area contributed by atoms with E-state index in [-0.39, 0.29) is 0 Å². The highest BCUT2D eigenvalue weighted by molar-refractivity contribution is 5.94. The number of carbonyl (C=O) groups is 3. The fourth-order valence-electron chi connectivity index (χ4n) is 8.19. The Hall–Kier alpha value is -1.82. The summed E-state index contributed by atoms with van der Waals surface area (Å²) >= 11 is 0. The lowest BCUT2D eigenvalue weighted by atomic mass is 9.51. The van der Waals surface area contributed by atoms with Gasteiger partial charge in [0.2, 0.25) is 11.9 Å². The van der Waals surface area contributed by atoms with E-state index in [2.05, 4.69) is 0 Å². The highest BCUT2D eigenvalue weighted by Crippen LogP contribution is 2.84. The van der Waals surface area contributed by atoms with Gasteiger partial charge in [-0.2, -0.15) is 0 Å². The van der Waals surface area contributed by atoms with Gasteiger partial charge in [0, 0.05) is 5.92 Å². The molecule has 0 bridgehead atoms. The van der Waals surface area contributed by atoms with E-state index < -0.39 is 94.1 Å². The number of carbonyl (C=O) groups excluding carboxylic acids is 3. The van der Waals surface area contributed by atoms with E-state index in [9.17, 15) is 29.7 Å². The van der Waals surface area contributed by atoms with Gasteiger partial charge in [0.1, 0.15) is 18.4 Å². The topological polar surface area (TPSA) is 149 Å². The van der Waals surface area contributed by atoms with Crippen LogP contribution in [0.5, 0.6) is 0 Å². The largest absolute Gasteiger partial charge is 0.456 e. The van der Waals surface area contributed by atoms with Crippen LogP contribution >= 0.6 is 0 Å². The van der Waals surface area contributed by atoms with Crippen LogP contribution in [0.1, 0.15) is 27.7 Å². The first-order valence-corrected chi connectivity index (χ1v) is 10.3. The molecule has 0 amide bonds. The molecule has 3 N–H and O–H groups in total. The Morgan fingerprint density at radius 1 is 1.00 bits per heavy atom. The van der Waals surface area contributed by atoms with Crippen LogP contribution in [0.2, 0.25) is 0 Å². The lowest BCUT2D eigenvalue weighted by Crippen LogP contribution is -2.67. The number of fused-ring (bicyclic) bond motifs is 1. The maximum atomic E-state index is 16.2. The molecule has 0 aromatic heterocycles. The van der Waals surface area contributed by atoms with Gasteiger partial charge in [0.25, 0.3) is 0 Å². The summed E-state index contributed by atoms with van der Waals surface area (Å²) in [6.07, 6.45) is -10.7. The molecule has 0 aromatic rings. The normalized spacial score (nSPS) is 61.0. The van der Waals surface area contributed by atoms with Crippen molar-refractivity contribution in [1.82, 2.24) is 0 Å². The molecule has 31 heavy (non-hydrogen) atoms. The number of rotatable bonds is 0. The van der Waals surface area contributed by atoms with E-state index in [1.54, 1.807) is 20.8 Å². The lowest BCUT2D eigenvalue weighted by molar-refractivity contribution is -0.240. The highest BCUT2D eigenvalue weighted by Gasteiger charge is 3.05. The van der Waals surface area contributed by atoms with Crippen molar-refractivity contribution in [3.05, 3.63) is 0 Å². The molecular formula is C20H23FO10. The van der Waals surface area contributed by atoms with Gasteiger partial charge in [-0.05, 0) is 12.3 Å². The summed E-state index contributed by atoms with van der Waals surface area (Å²) in [5, 5.41) is 34.5. The van der Waals surface area contributed by atoms with E-state index >= 15 is 4.39 Å². The molecule has 0 aromatic carbocycles. The molecule has 6 aliphatic rings. The maximum Gasteiger partial charge on any atom is 0.343 e. The molecule has 2 aliphatic carbocycles. The van der Waals surface area contributed by atoms with Crippen LogP contribution in [0.3, 0.4) is 0 Å². The molecular weight excluding hydrogens is 418 g/mol. The molecule has 4 unspecified atom stereocenters. The molecule has 10 nitrogen and oxygen atoms in total. The SMILES string of the molecule is C[C@@H]1C(=O)O[C@H]2[C@H](O)C34C5OC(=O)[C@@]3(OC3OC(=O)[C@H](O)C34[C@H](C(C)(C)C)[C@H]5[18F])[C@@]12O. The minimum absolute atomic E-state index is 0.874. The van der Waals surface area contributed by atoms with Crippen LogP contribution < -0.4 is 0 Å². The average molecular weight is 441 g/mol. The van der Waals surface area contributed by atoms with Gasteiger partial charge in [0.15, 0.2) is 17.8 Å².